The van der Waals surface area contributed by atoms with Crippen LogP contribution >= 0.6 is 0 Å². The lowest BCUT2D eigenvalue weighted by molar-refractivity contribution is -0.119. The van der Waals surface area contributed by atoms with Crippen molar-refractivity contribution in [2.24, 2.45) is 5.92 Å². The SMILES string of the molecule is CC(C)N1CCC[C@@H](CNC(=O)c2ccc(N3CCCCC3=O)cc2)C1. The van der Waals surface area contributed by atoms with Crippen molar-refractivity contribution < 1.29 is 9.59 Å². The zero-order valence-electron chi connectivity index (χ0n) is 16.0. The molecule has 0 saturated carbocycles. The Morgan fingerprint density at radius 3 is 2.62 bits per heavy atom. The van der Waals surface area contributed by atoms with E-state index in [1.165, 1.54) is 19.4 Å². The fraction of sp³-hybridized carbons (Fsp3) is 0.619. The maximum Gasteiger partial charge on any atom is 0.251 e. The Bertz CT molecular complexity index is 627. The Labute approximate surface area is 156 Å². The molecular weight excluding hydrogens is 326 g/mol. The van der Waals surface area contributed by atoms with Crippen molar-refractivity contribution in [3.63, 3.8) is 0 Å². The van der Waals surface area contributed by atoms with E-state index in [1.54, 1.807) is 0 Å². The molecule has 2 aliphatic rings. The van der Waals surface area contributed by atoms with Gasteiger partial charge in [0.2, 0.25) is 5.91 Å². The van der Waals surface area contributed by atoms with E-state index in [1.807, 2.05) is 29.2 Å². The Balaban J connectivity index is 1.52. The molecule has 26 heavy (non-hydrogen) atoms. The molecule has 0 bridgehead atoms. The van der Waals surface area contributed by atoms with Crippen LogP contribution in [-0.2, 0) is 4.79 Å². The monoisotopic (exact) mass is 357 g/mol. The van der Waals surface area contributed by atoms with Crippen molar-refractivity contribution in [3.8, 4) is 0 Å². The van der Waals surface area contributed by atoms with E-state index in [0.29, 0.717) is 23.9 Å². The summed E-state index contributed by atoms with van der Waals surface area (Å²) in [6.45, 7) is 8.20. The lowest BCUT2D eigenvalue weighted by Crippen LogP contribution is -2.43. The van der Waals surface area contributed by atoms with Crippen molar-refractivity contribution in [2.75, 3.05) is 31.1 Å². The molecule has 1 N–H and O–H groups in total. The minimum atomic E-state index is -0.0248. The fourth-order valence-electron chi connectivity index (χ4n) is 3.94. The van der Waals surface area contributed by atoms with E-state index in [0.717, 1.165) is 38.2 Å². The van der Waals surface area contributed by atoms with Gasteiger partial charge in [-0.2, -0.15) is 0 Å². The van der Waals surface area contributed by atoms with Gasteiger partial charge in [0.15, 0.2) is 0 Å². The predicted molar refractivity (Wildman–Crippen MR) is 104 cm³/mol. The molecule has 0 aliphatic carbocycles. The van der Waals surface area contributed by atoms with Crippen molar-refractivity contribution >= 4 is 17.5 Å². The molecule has 5 nitrogen and oxygen atoms in total. The highest BCUT2D eigenvalue weighted by Crippen LogP contribution is 2.21. The van der Waals surface area contributed by atoms with Crippen molar-refractivity contribution in [3.05, 3.63) is 29.8 Å². The van der Waals surface area contributed by atoms with Gasteiger partial charge in [-0.25, -0.2) is 0 Å². The average Bonchev–Trinajstić information content (AvgIpc) is 2.67. The summed E-state index contributed by atoms with van der Waals surface area (Å²) in [4.78, 5) is 28.8. The molecule has 1 aromatic rings. The van der Waals surface area contributed by atoms with Crippen LogP contribution in [0.5, 0.6) is 0 Å². The summed E-state index contributed by atoms with van der Waals surface area (Å²) >= 11 is 0. The Morgan fingerprint density at radius 1 is 1.15 bits per heavy atom. The van der Waals surface area contributed by atoms with Gasteiger partial charge in [-0.1, -0.05) is 0 Å². The predicted octanol–water partition coefficient (Wildman–Crippen LogP) is 3.05. The molecule has 0 radical (unpaired) electrons. The van der Waals surface area contributed by atoms with Gasteiger partial charge in [0.25, 0.3) is 5.91 Å². The molecule has 2 saturated heterocycles. The topological polar surface area (TPSA) is 52.7 Å². The number of hydrogen-bond donors (Lipinski definition) is 1. The van der Waals surface area contributed by atoms with Crippen molar-refractivity contribution in [1.29, 1.82) is 0 Å². The van der Waals surface area contributed by atoms with Crippen LogP contribution in [0.4, 0.5) is 5.69 Å². The fourth-order valence-corrected chi connectivity index (χ4v) is 3.94. The first-order valence-corrected chi connectivity index (χ1v) is 9.97. The minimum absolute atomic E-state index is 0.0248. The van der Waals surface area contributed by atoms with Crippen LogP contribution in [0.2, 0.25) is 0 Å². The van der Waals surface area contributed by atoms with Gasteiger partial charge in [0, 0.05) is 43.3 Å². The molecule has 2 amide bonds. The standard InChI is InChI=1S/C21H31N3O2/c1-16(2)23-12-5-6-17(15-23)14-22-21(26)18-8-10-19(11-9-18)24-13-4-3-7-20(24)25/h8-11,16-17H,3-7,12-15H2,1-2H3,(H,22,26)/t17-/m0/s1. The molecule has 2 heterocycles. The van der Waals surface area contributed by atoms with Crippen LogP contribution in [0.15, 0.2) is 24.3 Å². The Kier molecular flexibility index (Phi) is 6.30. The first kappa shape index (κ1) is 18.9. The first-order chi connectivity index (χ1) is 12.5. The smallest absolute Gasteiger partial charge is 0.251 e. The zero-order valence-corrected chi connectivity index (χ0v) is 16.0. The van der Waals surface area contributed by atoms with E-state index >= 15 is 0 Å². The van der Waals surface area contributed by atoms with Gasteiger partial charge in [-0.05, 0) is 76.3 Å². The van der Waals surface area contributed by atoms with E-state index in [9.17, 15) is 9.59 Å². The second-order valence-corrected chi connectivity index (χ2v) is 7.86. The number of benzene rings is 1. The van der Waals surface area contributed by atoms with Gasteiger partial charge < -0.3 is 15.1 Å². The van der Waals surface area contributed by atoms with Gasteiger partial charge in [0.1, 0.15) is 0 Å². The molecule has 142 valence electrons. The average molecular weight is 357 g/mol. The summed E-state index contributed by atoms with van der Waals surface area (Å²) in [5.74, 6) is 0.684. The van der Waals surface area contributed by atoms with Gasteiger partial charge in [-0.3, -0.25) is 9.59 Å². The molecular formula is C21H31N3O2. The molecule has 1 aromatic carbocycles. The highest BCUT2D eigenvalue weighted by Gasteiger charge is 2.22. The zero-order chi connectivity index (χ0) is 18.5. The number of carbonyl (C=O) groups excluding carboxylic acids is 2. The van der Waals surface area contributed by atoms with Crippen molar-refractivity contribution in [1.82, 2.24) is 10.2 Å². The number of anilines is 1. The normalized spacial score (nSPS) is 21.9. The Morgan fingerprint density at radius 2 is 1.92 bits per heavy atom. The number of amides is 2. The van der Waals surface area contributed by atoms with E-state index in [2.05, 4.69) is 24.1 Å². The summed E-state index contributed by atoms with van der Waals surface area (Å²) in [5, 5.41) is 3.09. The summed E-state index contributed by atoms with van der Waals surface area (Å²) < 4.78 is 0. The summed E-state index contributed by atoms with van der Waals surface area (Å²) in [6, 6.07) is 8.00. The third-order valence-corrected chi connectivity index (χ3v) is 5.60. The number of rotatable bonds is 5. The molecule has 0 spiro atoms. The van der Waals surface area contributed by atoms with Crippen LogP contribution in [0, 0.1) is 5.92 Å². The summed E-state index contributed by atoms with van der Waals surface area (Å²) in [5.41, 5.74) is 1.56. The lowest BCUT2D eigenvalue weighted by Gasteiger charge is -2.35. The summed E-state index contributed by atoms with van der Waals surface area (Å²) in [6.07, 6.45) is 5.03. The van der Waals surface area contributed by atoms with Gasteiger partial charge >= 0.3 is 0 Å². The van der Waals surface area contributed by atoms with Crippen LogP contribution in [0.25, 0.3) is 0 Å². The number of carbonyl (C=O) groups is 2. The summed E-state index contributed by atoms with van der Waals surface area (Å²) in [7, 11) is 0. The molecule has 0 unspecified atom stereocenters. The maximum absolute atomic E-state index is 12.4. The number of nitrogens with zero attached hydrogens (tertiary/aromatic N) is 2. The number of nitrogens with one attached hydrogen (secondary N) is 1. The number of likely N-dealkylation sites (tertiary alicyclic amines) is 1. The minimum Gasteiger partial charge on any atom is -0.352 e. The van der Waals surface area contributed by atoms with Crippen LogP contribution in [0.1, 0.15) is 56.3 Å². The quantitative estimate of drug-likeness (QED) is 0.881. The largest absolute Gasteiger partial charge is 0.352 e. The van der Waals surface area contributed by atoms with E-state index in [-0.39, 0.29) is 11.8 Å². The van der Waals surface area contributed by atoms with Crippen LogP contribution < -0.4 is 10.2 Å². The first-order valence-electron chi connectivity index (χ1n) is 9.97. The molecule has 3 rings (SSSR count). The molecule has 2 fully saturated rings. The number of piperidine rings is 2. The third-order valence-electron chi connectivity index (χ3n) is 5.60. The maximum atomic E-state index is 12.4. The molecule has 5 heteroatoms. The highest BCUT2D eigenvalue weighted by atomic mass is 16.2. The second kappa shape index (κ2) is 8.67. The van der Waals surface area contributed by atoms with Crippen LogP contribution in [-0.4, -0.2) is 48.9 Å². The van der Waals surface area contributed by atoms with Gasteiger partial charge in [0.05, 0.1) is 0 Å². The lowest BCUT2D eigenvalue weighted by atomic mass is 9.97. The third kappa shape index (κ3) is 4.64. The van der Waals surface area contributed by atoms with E-state index in [4.69, 9.17) is 0 Å². The molecule has 2 aliphatic heterocycles. The second-order valence-electron chi connectivity index (χ2n) is 7.86. The molecule has 0 aromatic heterocycles. The van der Waals surface area contributed by atoms with E-state index < -0.39 is 0 Å². The Hall–Kier alpha value is -1.88. The van der Waals surface area contributed by atoms with Crippen LogP contribution in [0.3, 0.4) is 0 Å². The number of hydrogen-bond acceptors (Lipinski definition) is 3. The highest BCUT2D eigenvalue weighted by molar-refractivity contribution is 5.96. The molecule has 1 atom stereocenters. The van der Waals surface area contributed by atoms with Crippen molar-refractivity contribution in [2.45, 2.75) is 52.0 Å². The van der Waals surface area contributed by atoms with Gasteiger partial charge in [-0.15, -0.1) is 0 Å².